The molecule has 54 heteroatoms. The first-order chi connectivity index (χ1) is 61.4. The molecule has 6 aliphatic rings. The fourth-order valence-corrected chi connectivity index (χ4v) is 21.2. The third-order valence-corrected chi connectivity index (χ3v) is 31.3. The maximum Gasteiger partial charge on any atom is 0.512 e. The maximum atomic E-state index is 14.0. The summed E-state index contributed by atoms with van der Waals surface area (Å²) in [6.07, 6.45) is 6.47. The molecule has 4 saturated heterocycles. The van der Waals surface area contributed by atoms with Gasteiger partial charge in [0.05, 0.1) is 52.6 Å². The van der Waals surface area contributed by atoms with Crippen LogP contribution in [-0.4, -0.2) is 363 Å². The Morgan fingerprint density at radius 2 is 0.856 bits per heavy atom. The van der Waals surface area contributed by atoms with Gasteiger partial charge in [-0.15, -0.1) is 8.25 Å². The number of likely N-dealkylation sites (tertiary alicyclic amines) is 1. The Bertz CT molecular complexity index is 5030. The van der Waals surface area contributed by atoms with Gasteiger partial charge in [-0.25, -0.2) is 63.9 Å². The van der Waals surface area contributed by atoms with Crippen LogP contribution < -0.4 is 47.1 Å². The highest BCUT2D eigenvalue weighted by Crippen LogP contribution is 2.52. The van der Waals surface area contributed by atoms with E-state index in [2.05, 4.69) is 75.0 Å². The second-order valence-electron chi connectivity index (χ2n) is 30.9. The number of nitrogens with one attached hydrogen (secondary N) is 5. The molecule has 7 N–H and O–H groups in total. The molecule has 5 aromatic carbocycles. The number of fused-ring (bicyclic) bond motifs is 8. The zero-order valence-corrected chi connectivity index (χ0v) is 80.5. The highest BCUT2D eigenvalue weighted by molar-refractivity contribution is 8.06. The average Bonchev–Trinajstić information content (AvgIpc) is 0.918. The van der Waals surface area contributed by atoms with E-state index in [4.69, 9.17) is 48.4 Å². The molecule has 0 amide bonds. The molecular formula is C78H117F9N14O24S7. The van der Waals surface area contributed by atoms with E-state index in [0.717, 1.165) is 17.1 Å². The number of nitrogens with two attached hydrogens (primary N) is 1. The van der Waals surface area contributed by atoms with Crippen LogP contribution in [0.25, 0.3) is 11.4 Å². The van der Waals surface area contributed by atoms with E-state index in [-0.39, 0.29) is 56.8 Å². The Morgan fingerprint density at radius 1 is 0.500 bits per heavy atom. The first kappa shape index (κ1) is 115. The number of likely N-dealkylation sites (N-methyl/N-ethyl adjacent to an activating group) is 5. The number of imidazole rings is 1. The van der Waals surface area contributed by atoms with Crippen LogP contribution in [0, 0.1) is 0 Å². The second kappa shape index (κ2) is 51.4. The lowest BCUT2D eigenvalue weighted by molar-refractivity contribution is -0.245. The normalized spacial score (nSPS) is 19.4. The quantitative estimate of drug-likeness (QED) is 0.0664. The first-order valence-corrected chi connectivity index (χ1v) is 50.7. The summed E-state index contributed by atoms with van der Waals surface area (Å²) in [6, 6.07) is 29.6. The molecule has 0 saturated carbocycles. The van der Waals surface area contributed by atoms with Crippen molar-refractivity contribution in [2.75, 3.05) is 215 Å². The monoisotopic (exact) mass is 2030 g/mol. The van der Waals surface area contributed by atoms with E-state index in [1.165, 1.54) is 170 Å². The number of carbonyl (C=O) groups excluding carboxylic acids is 1. The summed E-state index contributed by atoms with van der Waals surface area (Å²) < 4.78 is 336. The van der Waals surface area contributed by atoms with Gasteiger partial charge < -0.3 is 88.1 Å². The number of halogens is 9. The number of sulfonamides is 7. The van der Waals surface area contributed by atoms with Crippen LogP contribution in [0.5, 0.6) is 28.7 Å². The van der Waals surface area contributed by atoms with Crippen molar-refractivity contribution in [2.45, 2.75) is 92.9 Å². The van der Waals surface area contributed by atoms with Crippen molar-refractivity contribution in [2.24, 2.45) is 5.73 Å². The van der Waals surface area contributed by atoms with Gasteiger partial charge in [-0.05, 0) is 149 Å². The molecule has 1 atom stereocenters. The zero-order chi connectivity index (χ0) is 99.0. The Labute approximate surface area is 765 Å². The van der Waals surface area contributed by atoms with Gasteiger partial charge in [-0.2, -0.15) is 43.8 Å². The minimum Gasteiger partial charge on any atom is -0.497 e. The number of methoxy groups -OCH3 is 3. The first-order valence-electron chi connectivity index (χ1n) is 40.4. The van der Waals surface area contributed by atoms with Crippen molar-refractivity contribution < 1.29 is 146 Å². The molecule has 12 rings (SSSR count). The van der Waals surface area contributed by atoms with E-state index >= 15 is 0 Å². The number of H-pyrrole nitrogens is 1. The molecule has 8 bridgehead atoms. The van der Waals surface area contributed by atoms with Crippen LogP contribution in [0.3, 0.4) is 0 Å². The summed E-state index contributed by atoms with van der Waals surface area (Å²) in [4.78, 5) is 30.6. The van der Waals surface area contributed by atoms with Crippen LogP contribution in [0.15, 0.2) is 153 Å². The van der Waals surface area contributed by atoms with Gasteiger partial charge in [0.1, 0.15) is 72.6 Å². The fraction of sp³-hybridized carbons (Fsp3) is 0.564. The van der Waals surface area contributed by atoms with Crippen LogP contribution in [0.1, 0.15) is 33.6 Å². The van der Waals surface area contributed by atoms with Crippen molar-refractivity contribution in [1.82, 2.24) is 61.4 Å². The number of alkyl halides is 9. The van der Waals surface area contributed by atoms with Gasteiger partial charge >= 0.3 is 37.9 Å². The lowest BCUT2D eigenvalue weighted by Crippen LogP contribution is -2.66. The molecule has 132 heavy (non-hydrogen) atoms. The van der Waals surface area contributed by atoms with Crippen molar-refractivity contribution in [3.63, 3.8) is 0 Å². The number of aromatic amines is 1. The minimum atomic E-state index is -7.75. The van der Waals surface area contributed by atoms with Crippen molar-refractivity contribution in [3.8, 4) is 40.1 Å². The molecule has 1 aromatic heterocycles. The predicted octanol–water partition coefficient (Wildman–Crippen LogP) is 4.85. The topological polar surface area (TPSA) is 465 Å². The zero-order valence-electron chi connectivity index (χ0n) is 74.7. The van der Waals surface area contributed by atoms with Crippen LogP contribution in [-0.2, 0) is 93.9 Å². The van der Waals surface area contributed by atoms with E-state index < -0.39 is 127 Å². The number of piperazine rings is 3. The molecule has 0 spiro atoms. The number of piperidine rings is 1. The van der Waals surface area contributed by atoms with Gasteiger partial charge in [0.2, 0.25) is 0 Å². The third-order valence-electron chi connectivity index (χ3n) is 19.1. The minimum absolute atomic E-state index is 0.189. The van der Waals surface area contributed by atoms with Gasteiger partial charge in [-0.3, -0.25) is 4.79 Å². The fourth-order valence-electron chi connectivity index (χ4n) is 11.3. The summed E-state index contributed by atoms with van der Waals surface area (Å²) in [6.45, 7) is 18.2. The average molecular weight is 2030 g/mol. The molecule has 1 unspecified atom stereocenters. The highest BCUT2D eigenvalue weighted by atomic mass is 32.3. The second-order valence-corrected chi connectivity index (χ2v) is 43.8. The Hall–Kier alpha value is -7.80. The third kappa shape index (κ3) is 36.4. The molecule has 6 aromatic rings. The summed E-state index contributed by atoms with van der Waals surface area (Å²) in [5, 5.41) is -11.1. The van der Waals surface area contributed by atoms with Crippen molar-refractivity contribution in [1.29, 1.82) is 0 Å². The number of benzene rings is 5. The molecule has 6 aliphatic heterocycles. The SMILES string of the molecule is CN1CCN(C)CC1.CN1CCN(C)CC1.CN1CCN(S(=O)(=O)C(F)(F)C(F)(F)C(F)(F)S(=O)(=O)NS(=O)(=O)C(F)(F)F)CC1.COC1CCN(C)CC1.COCC(N)C(=O)OC(C)(C)C.COc1ccc(-c2ncc[nH]2)cc1.O=S1(=O)NS(=O)(=O)c2cccc(c2)OCCNCCOc2cccc1c2.O=S1(=O)NS(=O)(=O)c2cccc(c2)OCCOCCOc2cccc1c2. The molecule has 7 heterocycles. The molecule has 748 valence electrons. The van der Waals surface area contributed by atoms with Crippen LogP contribution >= 0.6 is 0 Å². The maximum absolute atomic E-state index is 14.0. The Kier molecular flexibility index (Phi) is 44.7. The summed E-state index contributed by atoms with van der Waals surface area (Å²) in [5.74, 6) is -4.84. The predicted molar refractivity (Wildman–Crippen MR) is 470 cm³/mol. The number of esters is 1. The van der Waals surface area contributed by atoms with E-state index in [9.17, 15) is 103 Å². The van der Waals surface area contributed by atoms with E-state index in [1.807, 2.05) is 24.3 Å². The van der Waals surface area contributed by atoms with E-state index in [1.54, 1.807) is 79.9 Å². The Balaban J connectivity index is 0.000000280. The number of carbonyl (C=O) groups is 1. The molecule has 0 aliphatic carbocycles. The lowest BCUT2D eigenvalue weighted by atomic mass is 10.1. The smallest absolute Gasteiger partial charge is 0.497 e. The Morgan fingerprint density at radius 3 is 1.18 bits per heavy atom. The molecule has 38 nitrogen and oxygen atoms in total. The number of rotatable bonds is 13. The van der Waals surface area contributed by atoms with Crippen molar-refractivity contribution in [3.05, 3.63) is 134 Å². The van der Waals surface area contributed by atoms with Gasteiger partial charge in [0.15, 0.2) is 0 Å². The van der Waals surface area contributed by atoms with Gasteiger partial charge in [0.25, 0.3) is 60.1 Å². The number of ether oxygens (including phenoxy) is 9. The standard InChI is InChI=1S/C16H18N2O6S2.C16H17NO7S2.C10H10N2O.C9H12F9N3O6S3.C8H17NO3.C7H15NO.2C6H14N2/c19-25(20)15-5-1-3-13(11-15)23-9-7-17-8-10-24-14-4-2-6-16(12-14)26(21,22)18-25;18-25(19)15-5-1-3-13(11-15)23-9-7-22-8-10-24-14-4-2-6-16(12-14)26(20,21)17-25;1-13-9-4-2-8(3-5-9)10-11-6-7-12-10;1-20-2-4-21(5-3-20)30(26,27)8(14,15)6(10,11)7(12,13)28(22,23)19-29(24,25)9(16,17)18;1-8(2,3)12-7(10)6(9)5-11-4;1-8-5-3-7(9-2)4-6-8;2*1-7-3-5-8(2)6-4-7/h1-6,11-12,17-18H,7-10H2;1-6,11-12,17H,7-10H2;2-7H,1H3,(H,11,12);19H,2-5H2,1H3;6H,5,9H2,1-4H3;7H,3-6H2,1-2H3;2*3-6H2,1-2H3. The van der Waals surface area contributed by atoms with Gasteiger partial charge in [-0.1, -0.05) is 28.4 Å². The van der Waals surface area contributed by atoms with E-state index in [0.29, 0.717) is 68.6 Å². The van der Waals surface area contributed by atoms with Gasteiger partial charge in [0, 0.05) is 161 Å². The number of nitrogens with zero attached hydrogens (tertiary/aromatic N) is 8. The van der Waals surface area contributed by atoms with Crippen LogP contribution in [0.2, 0.25) is 0 Å². The number of hydrogen-bond donors (Lipinski definition) is 6. The lowest BCUT2D eigenvalue weighted by Gasteiger charge is -2.37. The number of hydrogen-bond acceptors (Lipinski definition) is 33. The number of aromatic nitrogens is 2. The summed E-state index contributed by atoms with van der Waals surface area (Å²) in [5.41, 5.74) is -0.599. The van der Waals surface area contributed by atoms with Crippen molar-refractivity contribution >= 4 is 76.1 Å². The van der Waals surface area contributed by atoms with Crippen LogP contribution in [0.4, 0.5) is 39.5 Å². The summed E-state index contributed by atoms with van der Waals surface area (Å²) in [7, 11) is -21.8. The molecule has 4 fully saturated rings. The summed E-state index contributed by atoms with van der Waals surface area (Å²) >= 11 is 0. The molecule has 0 radical (unpaired) electrons. The highest BCUT2D eigenvalue weighted by Gasteiger charge is 2.83. The largest absolute Gasteiger partial charge is 0.512 e. The molecular weight excluding hydrogens is 1910 g/mol.